The van der Waals surface area contributed by atoms with Gasteiger partial charge in [0.2, 0.25) is 0 Å². The van der Waals surface area contributed by atoms with Gasteiger partial charge >= 0.3 is 0 Å². The minimum Gasteiger partial charge on any atom is -0.488 e. The van der Waals surface area contributed by atoms with Crippen LogP contribution in [-0.4, -0.2) is 5.91 Å². The quantitative estimate of drug-likeness (QED) is 0.417. The molecule has 0 aliphatic heterocycles. The van der Waals surface area contributed by atoms with E-state index in [1.165, 1.54) is 10.8 Å². The Morgan fingerprint density at radius 1 is 1.09 bits per heavy atom. The Morgan fingerprint density at radius 2 is 1.87 bits per heavy atom. The molecule has 0 radical (unpaired) electrons. The number of rotatable bonds is 4. The third-order valence-corrected chi connectivity index (χ3v) is 4.21. The molecule has 116 valence electrons. The number of nitrogen functional groups attached to an aromatic ring is 1. The van der Waals surface area contributed by atoms with Crippen LogP contribution < -0.4 is 16.0 Å². The monoisotopic (exact) mass is 370 g/mol. The lowest BCUT2D eigenvalue weighted by atomic mass is 10.1. The predicted octanol–water partition coefficient (Wildman–Crippen LogP) is 3.78. The Hall–Kier alpha value is -2.37. The van der Waals surface area contributed by atoms with Gasteiger partial charge in [-0.2, -0.15) is 0 Å². The number of nitrogens with one attached hydrogen (secondary N) is 1. The van der Waals surface area contributed by atoms with Crippen LogP contribution in [0, 0.1) is 0 Å². The molecular formula is C18H15BrN2O2. The molecule has 0 fully saturated rings. The van der Waals surface area contributed by atoms with Crippen molar-refractivity contribution in [3.8, 4) is 5.75 Å². The highest BCUT2D eigenvalue weighted by atomic mass is 79.9. The molecule has 0 aliphatic rings. The van der Waals surface area contributed by atoms with Gasteiger partial charge in [0, 0.05) is 5.56 Å². The molecule has 3 N–H and O–H groups in total. The van der Waals surface area contributed by atoms with Crippen LogP contribution in [0.5, 0.6) is 5.75 Å². The average molecular weight is 371 g/mol. The van der Waals surface area contributed by atoms with Gasteiger partial charge in [-0.15, -0.1) is 0 Å². The first kappa shape index (κ1) is 15.5. The summed E-state index contributed by atoms with van der Waals surface area (Å²) in [6.45, 7) is 0.447. The van der Waals surface area contributed by atoms with Crippen molar-refractivity contribution < 1.29 is 9.53 Å². The zero-order chi connectivity index (χ0) is 16.2. The molecule has 0 heterocycles. The summed E-state index contributed by atoms with van der Waals surface area (Å²) < 4.78 is 6.60. The normalized spacial score (nSPS) is 10.5. The summed E-state index contributed by atoms with van der Waals surface area (Å²) in [7, 11) is 0. The molecule has 0 unspecified atom stereocenters. The second-order valence-corrected chi connectivity index (χ2v) is 5.90. The van der Waals surface area contributed by atoms with Gasteiger partial charge in [0.05, 0.1) is 4.47 Å². The molecule has 0 bridgehead atoms. The van der Waals surface area contributed by atoms with Crippen molar-refractivity contribution >= 4 is 32.6 Å². The molecule has 4 nitrogen and oxygen atoms in total. The van der Waals surface area contributed by atoms with Gasteiger partial charge in [0.15, 0.2) is 0 Å². The van der Waals surface area contributed by atoms with E-state index < -0.39 is 0 Å². The molecule has 23 heavy (non-hydrogen) atoms. The Bertz CT molecular complexity index is 859. The van der Waals surface area contributed by atoms with Gasteiger partial charge in [-0.1, -0.05) is 42.5 Å². The zero-order valence-electron chi connectivity index (χ0n) is 12.3. The molecule has 0 spiro atoms. The molecule has 0 atom stereocenters. The van der Waals surface area contributed by atoms with E-state index in [9.17, 15) is 4.79 Å². The maximum absolute atomic E-state index is 11.5. The fourth-order valence-corrected chi connectivity index (χ4v) is 2.91. The van der Waals surface area contributed by atoms with E-state index in [4.69, 9.17) is 10.6 Å². The Morgan fingerprint density at radius 3 is 2.65 bits per heavy atom. The fourth-order valence-electron chi connectivity index (χ4n) is 2.42. The van der Waals surface area contributed by atoms with Crippen molar-refractivity contribution in [1.82, 2.24) is 5.43 Å². The summed E-state index contributed by atoms with van der Waals surface area (Å²) >= 11 is 3.42. The minimum atomic E-state index is -0.341. The topological polar surface area (TPSA) is 64.3 Å². The molecule has 0 aliphatic carbocycles. The third-order valence-electron chi connectivity index (χ3n) is 3.59. The number of hydrogen-bond acceptors (Lipinski definition) is 3. The van der Waals surface area contributed by atoms with E-state index in [0.29, 0.717) is 22.4 Å². The number of ether oxygens (including phenoxy) is 1. The zero-order valence-corrected chi connectivity index (χ0v) is 13.8. The van der Waals surface area contributed by atoms with Gasteiger partial charge in [-0.05, 0) is 50.5 Å². The second-order valence-electron chi connectivity index (χ2n) is 5.05. The number of benzene rings is 3. The summed E-state index contributed by atoms with van der Waals surface area (Å²) in [6, 6.07) is 19.4. The number of carbonyl (C=O) groups excluding carboxylic acids is 1. The van der Waals surface area contributed by atoms with Crippen LogP contribution in [0.3, 0.4) is 0 Å². The summed E-state index contributed by atoms with van der Waals surface area (Å²) in [5.41, 5.74) is 3.68. The molecule has 3 aromatic rings. The van der Waals surface area contributed by atoms with E-state index in [-0.39, 0.29) is 5.91 Å². The molecule has 3 rings (SSSR count). The summed E-state index contributed by atoms with van der Waals surface area (Å²) in [5.74, 6) is 5.46. The summed E-state index contributed by atoms with van der Waals surface area (Å²) in [5, 5.41) is 2.35. The number of carbonyl (C=O) groups is 1. The van der Waals surface area contributed by atoms with Crippen molar-refractivity contribution in [3.05, 3.63) is 76.3 Å². The lowest BCUT2D eigenvalue weighted by molar-refractivity contribution is 0.0953. The van der Waals surface area contributed by atoms with Crippen molar-refractivity contribution in [1.29, 1.82) is 0 Å². The van der Waals surface area contributed by atoms with E-state index in [0.717, 1.165) is 5.56 Å². The molecule has 1 amide bonds. The first-order valence-corrected chi connectivity index (χ1v) is 7.88. The standard InChI is InChI=1S/C18H15BrN2O2/c19-16-10-13(18(22)21-20)8-9-17(16)23-11-14-6-3-5-12-4-1-2-7-15(12)14/h1-10H,11,20H2,(H,21,22). The van der Waals surface area contributed by atoms with Gasteiger partial charge in [0.25, 0.3) is 5.91 Å². The first-order chi connectivity index (χ1) is 11.2. The van der Waals surface area contributed by atoms with Crippen molar-refractivity contribution in [2.45, 2.75) is 6.61 Å². The minimum absolute atomic E-state index is 0.341. The number of fused-ring (bicyclic) bond motifs is 1. The number of hydrogen-bond donors (Lipinski definition) is 2. The number of amides is 1. The van der Waals surface area contributed by atoms with Gasteiger partial charge in [-0.3, -0.25) is 10.2 Å². The third kappa shape index (κ3) is 3.36. The van der Waals surface area contributed by atoms with Crippen LogP contribution in [0.15, 0.2) is 65.1 Å². The Balaban J connectivity index is 1.81. The van der Waals surface area contributed by atoms with Crippen LogP contribution in [0.2, 0.25) is 0 Å². The summed E-state index contributed by atoms with van der Waals surface area (Å²) in [6.07, 6.45) is 0. The van der Waals surface area contributed by atoms with E-state index in [1.54, 1.807) is 18.2 Å². The van der Waals surface area contributed by atoms with Crippen LogP contribution in [-0.2, 0) is 6.61 Å². The highest BCUT2D eigenvalue weighted by molar-refractivity contribution is 9.10. The Kier molecular flexibility index (Phi) is 4.60. The van der Waals surface area contributed by atoms with E-state index >= 15 is 0 Å². The van der Waals surface area contributed by atoms with Crippen molar-refractivity contribution in [3.63, 3.8) is 0 Å². The van der Waals surface area contributed by atoms with Crippen LogP contribution >= 0.6 is 15.9 Å². The highest BCUT2D eigenvalue weighted by Gasteiger charge is 2.09. The van der Waals surface area contributed by atoms with E-state index in [2.05, 4.69) is 39.6 Å². The number of nitrogens with two attached hydrogens (primary N) is 1. The smallest absolute Gasteiger partial charge is 0.265 e. The van der Waals surface area contributed by atoms with Crippen LogP contribution in [0.4, 0.5) is 0 Å². The molecule has 0 saturated heterocycles. The van der Waals surface area contributed by atoms with Gasteiger partial charge in [0.1, 0.15) is 12.4 Å². The van der Waals surface area contributed by atoms with Gasteiger partial charge < -0.3 is 4.74 Å². The van der Waals surface area contributed by atoms with Crippen molar-refractivity contribution in [2.24, 2.45) is 5.84 Å². The Labute approximate surface area is 142 Å². The van der Waals surface area contributed by atoms with Crippen LogP contribution in [0.1, 0.15) is 15.9 Å². The average Bonchev–Trinajstić information content (AvgIpc) is 2.60. The molecular weight excluding hydrogens is 356 g/mol. The maximum Gasteiger partial charge on any atom is 0.265 e. The molecule has 5 heteroatoms. The second kappa shape index (κ2) is 6.81. The SMILES string of the molecule is NNC(=O)c1ccc(OCc2cccc3ccccc23)c(Br)c1. The van der Waals surface area contributed by atoms with Crippen molar-refractivity contribution in [2.75, 3.05) is 0 Å². The van der Waals surface area contributed by atoms with Crippen LogP contribution in [0.25, 0.3) is 10.8 Å². The van der Waals surface area contributed by atoms with Gasteiger partial charge in [-0.25, -0.2) is 5.84 Å². The number of halogens is 1. The largest absolute Gasteiger partial charge is 0.488 e. The predicted molar refractivity (Wildman–Crippen MR) is 94.1 cm³/mol. The lowest BCUT2D eigenvalue weighted by Gasteiger charge is -2.11. The maximum atomic E-state index is 11.5. The number of hydrazine groups is 1. The highest BCUT2D eigenvalue weighted by Crippen LogP contribution is 2.28. The first-order valence-electron chi connectivity index (χ1n) is 7.09. The van der Waals surface area contributed by atoms with E-state index in [1.807, 2.05) is 24.3 Å². The molecule has 0 aromatic heterocycles. The lowest BCUT2D eigenvalue weighted by Crippen LogP contribution is -2.29. The fraction of sp³-hybridized carbons (Fsp3) is 0.0556. The summed E-state index contributed by atoms with van der Waals surface area (Å²) in [4.78, 5) is 11.5. The molecule has 3 aromatic carbocycles. The molecule has 0 saturated carbocycles.